The molecule has 0 bridgehead atoms. The Morgan fingerprint density at radius 3 is 2.57 bits per heavy atom. The maximum absolute atomic E-state index is 12.2. The van der Waals surface area contributed by atoms with Gasteiger partial charge in [0.1, 0.15) is 22.3 Å². The third-order valence-corrected chi connectivity index (χ3v) is 4.13. The van der Waals surface area contributed by atoms with E-state index in [2.05, 4.69) is 15.5 Å². The normalized spacial score (nSPS) is 12.8. The second-order valence-corrected chi connectivity index (χ2v) is 7.63. The first-order valence-electron chi connectivity index (χ1n) is 8.87. The van der Waals surface area contributed by atoms with Crippen molar-refractivity contribution in [2.45, 2.75) is 46.3 Å². The minimum Gasteiger partial charge on any atom is -0.465 e. The van der Waals surface area contributed by atoms with E-state index in [1.807, 2.05) is 26.0 Å². The fourth-order valence-electron chi connectivity index (χ4n) is 2.99. The number of rotatable bonds is 3. The molecule has 28 heavy (non-hydrogen) atoms. The van der Waals surface area contributed by atoms with E-state index >= 15 is 0 Å². The predicted molar refractivity (Wildman–Crippen MR) is 103 cm³/mol. The Balaban J connectivity index is 2.10. The summed E-state index contributed by atoms with van der Waals surface area (Å²) in [6.07, 6.45) is 0.784. The molecule has 1 atom stereocenters. The molecule has 0 spiro atoms. The van der Waals surface area contributed by atoms with Gasteiger partial charge in [0.25, 0.3) is 0 Å². The molecule has 1 aromatic carbocycles. The Morgan fingerprint density at radius 1 is 1.21 bits per heavy atom. The van der Waals surface area contributed by atoms with Gasteiger partial charge >= 0.3 is 12.1 Å². The predicted octanol–water partition coefficient (Wildman–Crippen LogP) is 4.06. The van der Waals surface area contributed by atoms with E-state index in [1.165, 1.54) is 13.3 Å². The molecule has 0 unspecified atom stereocenters. The molecule has 148 valence electrons. The summed E-state index contributed by atoms with van der Waals surface area (Å²) in [4.78, 5) is 24.2. The third-order valence-electron chi connectivity index (χ3n) is 4.13. The zero-order valence-corrected chi connectivity index (χ0v) is 16.7. The molecule has 1 N–H and O–H groups in total. The first-order valence-corrected chi connectivity index (χ1v) is 8.87. The fraction of sp³-hybridized carbons (Fsp3) is 0.400. The number of carbonyl (C=O) groups excluding carboxylic acids is 2. The number of esters is 1. The number of benzene rings is 1. The third kappa shape index (κ3) is 3.76. The van der Waals surface area contributed by atoms with Gasteiger partial charge in [-0.15, -0.1) is 5.10 Å². The lowest BCUT2D eigenvalue weighted by Crippen LogP contribution is -2.34. The Hall–Kier alpha value is -3.16. The average Bonchev–Trinajstić information content (AvgIpc) is 2.97. The van der Waals surface area contributed by atoms with Crippen molar-refractivity contribution in [1.29, 1.82) is 0 Å². The van der Waals surface area contributed by atoms with E-state index in [4.69, 9.17) is 13.9 Å². The molecular formula is C20H23N3O5. The summed E-state index contributed by atoms with van der Waals surface area (Å²) in [5, 5.41) is 11.6. The van der Waals surface area contributed by atoms with Crippen molar-refractivity contribution in [3.63, 3.8) is 0 Å². The largest absolute Gasteiger partial charge is 0.465 e. The maximum atomic E-state index is 12.2. The number of hydrogen-bond acceptors (Lipinski definition) is 7. The Labute approximate surface area is 162 Å². The summed E-state index contributed by atoms with van der Waals surface area (Å²) in [6.45, 7) is 9.16. The molecule has 3 aromatic rings. The van der Waals surface area contributed by atoms with E-state index in [1.54, 1.807) is 20.8 Å². The number of alkyl carbamates (subject to hydrolysis) is 1. The number of aryl methyl sites for hydroxylation is 1. The molecule has 0 fully saturated rings. The monoisotopic (exact) mass is 385 g/mol. The van der Waals surface area contributed by atoms with Crippen molar-refractivity contribution in [3.8, 4) is 0 Å². The summed E-state index contributed by atoms with van der Waals surface area (Å²) in [6, 6.07) is 3.42. The smallest absolute Gasteiger partial charge is 0.408 e. The number of aromatic nitrogens is 2. The first-order chi connectivity index (χ1) is 13.1. The number of nitrogens with one attached hydrogen (secondary N) is 1. The van der Waals surface area contributed by atoms with Gasteiger partial charge in [-0.25, -0.2) is 9.59 Å². The van der Waals surface area contributed by atoms with Crippen molar-refractivity contribution < 1.29 is 23.5 Å². The van der Waals surface area contributed by atoms with E-state index < -0.39 is 23.7 Å². The van der Waals surface area contributed by atoms with Crippen LogP contribution in [0, 0.1) is 6.92 Å². The molecular weight excluding hydrogens is 362 g/mol. The van der Waals surface area contributed by atoms with Gasteiger partial charge in [0.05, 0.1) is 19.3 Å². The van der Waals surface area contributed by atoms with Gasteiger partial charge in [0.2, 0.25) is 0 Å². The minimum absolute atomic E-state index is 0.194. The lowest BCUT2D eigenvalue weighted by Gasteiger charge is -2.22. The van der Waals surface area contributed by atoms with Crippen molar-refractivity contribution in [3.05, 3.63) is 35.0 Å². The van der Waals surface area contributed by atoms with Crippen LogP contribution in [0.2, 0.25) is 0 Å². The van der Waals surface area contributed by atoms with E-state index in [9.17, 15) is 9.59 Å². The van der Waals surface area contributed by atoms with Crippen molar-refractivity contribution in [2.75, 3.05) is 7.11 Å². The van der Waals surface area contributed by atoms with Gasteiger partial charge in [-0.2, -0.15) is 5.10 Å². The van der Waals surface area contributed by atoms with E-state index in [0.717, 1.165) is 11.1 Å². The van der Waals surface area contributed by atoms with Crippen LogP contribution in [0.5, 0.6) is 0 Å². The number of methoxy groups -OCH3 is 1. The van der Waals surface area contributed by atoms with Crippen LogP contribution in [-0.4, -0.2) is 35.0 Å². The van der Waals surface area contributed by atoms with Gasteiger partial charge in [0, 0.05) is 10.9 Å². The molecule has 3 rings (SSSR count). The highest BCUT2D eigenvalue weighted by atomic mass is 16.6. The van der Waals surface area contributed by atoms with Gasteiger partial charge in [-0.05, 0) is 46.2 Å². The second kappa shape index (κ2) is 7.10. The summed E-state index contributed by atoms with van der Waals surface area (Å²) >= 11 is 0. The number of hydrogen-bond donors (Lipinski definition) is 1. The van der Waals surface area contributed by atoms with Crippen LogP contribution >= 0.6 is 0 Å². The highest BCUT2D eigenvalue weighted by molar-refractivity contribution is 6.10. The molecule has 8 heteroatoms. The van der Waals surface area contributed by atoms with Crippen molar-refractivity contribution in [2.24, 2.45) is 0 Å². The van der Waals surface area contributed by atoms with Crippen LogP contribution in [0.15, 0.2) is 22.7 Å². The van der Waals surface area contributed by atoms with E-state index in [-0.39, 0.29) is 5.56 Å². The molecule has 2 aromatic heterocycles. The minimum atomic E-state index is -0.601. The van der Waals surface area contributed by atoms with E-state index in [0.29, 0.717) is 22.1 Å². The zero-order chi connectivity index (χ0) is 20.6. The van der Waals surface area contributed by atoms with Gasteiger partial charge in [-0.1, -0.05) is 6.07 Å². The summed E-state index contributed by atoms with van der Waals surface area (Å²) in [7, 11) is 1.29. The van der Waals surface area contributed by atoms with Crippen LogP contribution in [0.4, 0.5) is 4.79 Å². The molecule has 0 aliphatic carbocycles. The lowest BCUT2D eigenvalue weighted by molar-refractivity contribution is 0.0507. The second-order valence-electron chi connectivity index (χ2n) is 7.63. The topological polar surface area (TPSA) is 104 Å². The van der Waals surface area contributed by atoms with Crippen LogP contribution in [0.25, 0.3) is 22.1 Å². The Bertz CT molecular complexity index is 1070. The fourth-order valence-corrected chi connectivity index (χ4v) is 2.99. The molecule has 0 saturated carbocycles. The van der Waals surface area contributed by atoms with Gasteiger partial charge in [-0.3, -0.25) is 0 Å². The maximum Gasteiger partial charge on any atom is 0.408 e. The molecule has 0 aliphatic heterocycles. The lowest BCUT2D eigenvalue weighted by atomic mass is 10.0. The van der Waals surface area contributed by atoms with Crippen LogP contribution in [0.1, 0.15) is 55.2 Å². The number of amides is 1. The van der Waals surface area contributed by atoms with Crippen molar-refractivity contribution >= 4 is 34.1 Å². The summed E-state index contributed by atoms with van der Waals surface area (Å²) < 4.78 is 16.1. The molecule has 2 heterocycles. The van der Waals surface area contributed by atoms with Crippen LogP contribution in [0.3, 0.4) is 0 Å². The van der Waals surface area contributed by atoms with Crippen LogP contribution in [-0.2, 0) is 9.47 Å². The number of fused-ring (bicyclic) bond motifs is 3. The Kier molecular flexibility index (Phi) is 4.97. The SMILES string of the molecule is COC(=O)c1cnnc2c1oc1c([C@@H](C)NC(=O)OC(C)(C)C)cc(C)cc12. The number of nitrogens with zero attached hydrogens (tertiary/aromatic N) is 2. The van der Waals surface area contributed by atoms with Crippen molar-refractivity contribution in [1.82, 2.24) is 15.5 Å². The highest BCUT2D eigenvalue weighted by Crippen LogP contribution is 2.34. The standard InChI is InChI=1S/C20H23N3O5/c1-10-7-12(11(2)22-19(25)28-20(3,4)5)16-13(8-10)15-17(27-16)14(9-21-23-15)18(24)26-6/h7-9,11H,1-6H3,(H,22,25)/t11-/m1/s1. The molecule has 0 radical (unpaired) electrons. The number of furan rings is 1. The molecule has 0 aliphatic rings. The highest BCUT2D eigenvalue weighted by Gasteiger charge is 2.24. The number of carbonyl (C=O) groups is 2. The van der Waals surface area contributed by atoms with Gasteiger partial charge in [0.15, 0.2) is 5.58 Å². The summed E-state index contributed by atoms with van der Waals surface area (Å²) in [5.74, 6) is -0.558. The zero-order valence-electron chi connectivity index (χ0n) is 16.7. The molecule has 0 saturated heterocycles. The molecule has 8 nitrogen and oxygen atoms in total. The first kappa shape index (κ1) is 19.6. The van der Waals surface area contributed by atoms with Crippen LogP contribution < -0.4 is 5.32 Å². The number of ether oxygens (including phenoxy) is 2. The quantitative estimate of drug-likeness (QED) is 0.678. The molecule has 1 amide bonds. The van der Waals surface area contributed by atoms with Gasteiger partial charge < -0.3 is 19.2 Å². The Morgan fingerprint density at radius 2 is 1.93 bits per heavy atom. The summed E-state index contributed by atoms with van der Waals surface area (Å²) in [5.41, 5.74) is 2.58. The average molecular weight is 385 g/mol.